The van der Waals surface area contributed by atoms with E-state index in [9.17, 15) is 10.2 Å². The van der Waals surface area contributed by atoms with E-state index in [0.29, 0.717) is 5.92 Å². The third-order valence-corrected chi connectivity index (χ3v) is 4.85. The Kier molecular flexibility index (Phi) is 10.0. The molecule has 136 valence electrons. The zero-order valence-electron chi connectivity index (χ0n) is 16.2. The summed E-state index contributed by atoms with van der Waals surface area (Å²) in [5, 5.41) is 19.3. The summed E-state index contributed by atoms with van der Waals surface area (Å²) in [5.74, 6) is 1.28. The van der Waals surface area contributed by atoms with Crippen molar-refractivity contribution < 1.29 is 10.2 Å². The molecule has 0 aliphatic heterocycles. The van der Waals surface area contributed by atoms with Crippen molar-refractivity contribution in [1.82, 2.24) is 0 Å². The van der Waals surface area contributed by atoms with Gasteiger partial charge in [0.15, 0.2) is 0 Å². The minimum absolute atomic E-state index is 0.350. The monoisotopic (exact) mass is 324 g/mol. The van der Waals surface area contributed by atoms with Crippen LogP contribution in [0.15, 0.2) is 24.8 Å². The third kappa shape index (κ3) is 10.7. The van der Waals surface area contributed by atoms with Crippen LogP contribution in [-0.4, -0.2) is 21.4 Å². The zero-order valence-corrected chi connectivity index (χ0v) is 16.2. The first-order valence-electron chi connectivity index (χ1n) is 9.20. The van der Waals surface area contributed by atoms with Gasteiger partial charge in [-0.05, 0) is 71.6 Å². The van der Waals surface area contributed by atoms with E-state index < -0.39 is 5.60 Å². The van der Waals surface area contributed by atoms with E-state index in [1.54, 1.807) is 6.08 Å². The fraction of sp³-hybridized carbons (Fsp3) is 0.810. The van der Waals surface area contributed by atoms with Crippen LogP contribution in [0.5, 0.6) is 0 Å². The lowest BCUT2D eigenvalue weighted by Crippen LogP contribution is -2.31. The van der Waals surface area contributed by atoms with Crippen LogP contribution < -0.4 is 0 Å². The van der Waals surface area contributed by atoms with Crippen molar-refractivity contribution in [2.24, 2.45) is 11.8 Å². The van der Waals surface area contributed by atoms with E-state index in [1.165, 1.54) is 24.8 Å². The largest absolute Gasteiger partial charge is 0.390 e. The third-order valence-electron chi connectivity index (χ3n) is 4.85. The second-order valence-corrected chi connectivity index (χ2v) is 8.24. The number of aliphatic hydroxyl groups is 2. The molecule has 2 rings (SSSR count). The molecule has 0 saturated heterocycles. The lowest BCUT2D eigenvalue weighted by atomic mass is 9.77. The van der Waals surface area contributed by atoms with E-state index in [-0.39, 0.29) is 5.60 Å². The van der Waals surface area contributed by atoms with Gasteiger partial charge in [0.05, 0.1) is 11.2 Å². The van der Waals surface area contributed by atoms with E-state index in [1.807, 2.05) is 20.8 Å². The molecular formula is C21H40O2. The number of hydrogen-bond donors (Lipinski definition) is 2. The van der Waals surface area contributed by atoms with Crippen LogP contribution in [-0.2, 0) is 0 Å². The van der Waals surface area contributed by atoms with Gasteiger partial charge in [0.2, 0.25) is 0 Å². The van der Waals surface area contributed by atoms with Gasteiger partial charge in [-0.1, -0.05) is 44.4 Å². The second kappa shape index (κ2) is 10.3. The van der Waals surface area contributed by atoms with Gasteiger partial charge < -0.3 is 10.2 Å². The van der Waals surface area contributed by atoms with Gasteiger partial charge in [-0.3, -0.25) is 0 Å². The molecule has 2 saturated carbocycles. The molecule has 0 spiro atoms. The molecule has 4 atom stereocenters. The second-order valence-electron chi connectivity index (χ2n) is 8.24. The Labute approximate surface area is 144 Å². The van der Waals surface area contributed by atoms with E-state index in [2.05, 4.69) is 27.0 Å². The summed E-state index contributed by atoms with van der Waals surface area (Å²) in [5.41, 5.74) is 0.449. The van der Waals surface area contributed by atoms with Crippen LogP contribution in [0, 0.1) is 11.8 Å². The molecule has 2 fully saturated rings. The van der Waals surface area contributed by atoms with Crippen LogP contribution in [0.2, 0.25) is 0 Å². The normalized spacial score (nSPS) is 36.7. The quantitative estimate of drug-likeness (QED) is 0.612. The summed E-state index contributed by atoms with van der Waals surface area (Å²) in [6.07, 6.45) is 10.5. The Bertz CT molecular complexity index is 355. The number of allylic oxidation sites excluding steroid dienone is 2. The average Bonchev–Trinajstić information content (AvgIpc) is 2.37. The van der Waals surface area contributed by atoms with Crippen molar-refractivity contribution in [3.63, 3.8) is 0 Å². The lowest BCUT2D eigenvalue weighted by Gasteiger charge is -2.34. The van der Waals surface area contributed by atoms with Crippen LogP contribution in [0.3, 0.4) is 0 Å². The standard InChI is InChI=1S/C10H18O.C8H16O.C3H6/c1-8(2)9-5-4-6-10(3,11)7-9;1-7-4-3-5-8(2,9)6-7;1-3-2/h9,11H,1,4-7H2,2-3H3;7,9H,3-6H2,1-2H3;3H,1H2,2H3. The van der Waals surface area contributed by atoms with Gasteiger partial charge in [0, 0.05) is 0 Å². The molecule has 2 aliphatic carbocycles. The molecular weight excluding hydrogens is 284 g/mol. The van der Waals surface area contributed by atoms with Crippen molar-refractivity contribution in [2.45, 2.75) is 97.2 Å². The van der Waals surface area contributed by atoms with Gasteiger partial charge in [-0.15, -0.1) is 6.58 Å². The van der Waals surface area contributed by atoms with Crippen molar-refractivity contribution in [3.8, 4) is 0 Å². The summed E-state index contributed by atoms with van der Waals surface area (Å²) in [6, 6.07) is 0. The van der Waals surface area contributed by atoms with Gasteiger partial charge in [0.25, 0.3) is 0 Å². The molecule has 2 heteroatoms. The Morgan fingerprint density at radius 2 is 1.48 bits per heavy atom. The molecule has 2 nitrogen and oxygen atoms in total. The van der Waals surface area contributed by atoms with Crippen LogP contribution >= 0.6 is 0 Å². The molecule has 0 aromatic carbocycles. The van der Waals surface area contributed by atoms with E-state index in [4.69, 9.17) is 0 Å². The molecule has 2 N–H and O–H groups in total. The summed E-state index contributed by atoms with van der Waals surface area (Å²) >= 11 is 0. The highest BCUT2D eigenvalue weighted by atomic mass is 16.3. The molecule has 23 heavy (non-hydrogen) atoms. The van der Waals surface area contributed by atoms with Crippen LogP contribution in [0.25, 0.3) is 0 Å². The highest BCUT2D eigenvalue weighted by molar-refractivity contribution is 5.01. The molecule has 0 aromatic rings. The summed E-state index contributed by atoms with van der Waals surface area (Å²) < 4.78 is 0. The van der Waals surface area contributed by atoms with Crippen molar-refractivity contribution in [1.29, 1.82) is 0 Å². The minimum atomic E-state index is -0.429. The van der Waals surface area contributed by atoms with Crippen LogP contribution in [0.4, 0.5) is 0 Å². The first-order valence-corrected chi connectivity index (χ1v) is 9.20. The summed E-state index contributed by atoms with van der Waals surface area (Å²) in [6.45, 7) is 17.3. The topological polar surface area (TPSA) is 40.5 Å². The Balaban J connectivity index is 0.000000365. The molecule has 0 radical (unpaired) electrons. The smallest absolute Gasteiger partial charge is 0.0625 e. The maximum atomic E-state index is 9.75. The highest BCUT2D eigenvalue weighted by Crippen LogP contribution is 2.35. The van der Waals surface area contributed by atoms with Crippen molar-refractivity contribution in [3.05, 3.63) is 24.8 Å². The average molecular weight is 325 g/mol. The number of rotatable bonds is 1. The fourth-order valence-electron chi connectivity index (χ4n) is 3.67. The number of hydrogen-bond acceptors (Lipinski definition) is 2. The van der Waals surface area contributed by atoms with Gasteiger partial charge in [-0.2, -0.15) is 0 Å². The molecule has 0 amide bonds. The van der Waals surface area contributed by atoms with E-state index >= 15 is 0 Å². The van der Waals surface area contributed by atoms with Crippen molar-refractivity contribution in [2.75, 3.05) is 0 Å². The Morgan fingerprint density at radius 3 is 1.74 bits per heavy atom. The minimum Gasteiger partial charge on any atom is -0.390 e. The molecule has 0 bridgehead atoms. The molecule has 0 heterocycles. The fourth-order valence-corrected chi connectivity index (χ4v) is 3.67. The molecule has 4 unspecified atom stereocenters. The molecule has 0 aromatic heterocycles. The highest BCUT2D eigenvalue weighted by Gasteiger charge is 2.29. The molecule has 2 aliphatic rings. The van der Waals surface area contributed by atoms with Crippen LogP contribution in [0.1, 0.15) is 86.0 Å². The predicted molar refractivity (Wildman–Crippen MR) is 102 cm³/mol. The maximum absolute atomic E-state index is 9.75. The van der Waals surface area contributed by atoms with Crippen molar-refractivity contribution >= 4 is 0 Å². The van der Waals surface area contributed by atoms with E-state index in [0.717, 1.165) is 38.0 Å². The Hall–Kier alpha value is -0.600. The first kappa shape index (κ1) is 22.4. The van der Waals surface area contributed by atoms with Gasteiger partial charge in [-0.25, -0.2) is 0 Å². The SMILES string of the molecule is C=C(C)C1CCCC(C)(O)C1.C=CC.CC1CCCC(C)(O)C1. The maximum Gasteiger partial charge on any atom is 0.0625 e. The first-order chi connectivity index (χ1) is 10.5. The van der Waals surface area contributed by atoms with Gasteiger partial charge >= 0.3 is 0 Å². The lowest BCUT2D eigenvalue weighted by molar-refractivity contribution is 0.00452. The Morgan fingerprint density at radius 1 is 1.04 bits per heavy atom. The summed E-state index contributed by atoms with van der Waals surface area (Å²) in [4.78, 5) is 0. The zero-order chi connectivity index (χ0) is 18.1. The van der Waals surface area contributed by atoms with Gasteiger partial charge in [0.1, 0.15) is 0 Å². The summed E-state index contributed by atoms with van der Waals surface area (Å²) in [7, 11) is 0. The predicted octanol–water partition coefficient (Wildman–Crippen LogP) is 5.64.